The van der Waals surface area contributed by atoms with Gasteiger partial charge in [0.25, 0.3) is 5.91 Å². The number of methoxy groups -OCH3 is 1. The van der Waals surface area contributed by atoms with Crippen LogP contribution in [-0.2, 0) is 9.59 Å². The van der Waals surface area contributed by atoms with Gasteiger partial charge >= 0.3 is 5.97 Å². The van der Waals surface area contributed by atoms with Crippen molar-refractivity contribution in [3.05, 3.63) is 22.8 Å². The molecule has 19 heavy (non-hydrogen) atoms. The number of nitrogens with one attached hydrogen (secondary N) is 1. The molecule has 0 saturated carbocycles. The summed E-state index contributed by atoms with van der Waals surface area (Å²) in [6.07, 6.45) is 0. The number of aryl methyl sites for hydroxylation is 1. The third-order valence-corrected chi connectivity index (χ3v) is 3.07. The topological polar surface area (TPSA) is 102 Å². The van der Waals surface area contributed by atoms with E-state index in [2.05, 4.69) is 5.32 Å². The molecular weight excluding hydrogens is 248 g/mol. The quantitative estimate of drug-likeness (QED) is 0.705. The first-order chi connectivity index (χ1) is 8.79. The molecule has 1 amide bonds. The highest BCUT2D eigenvalue weighted by atomic mass is 16.5. The maximum absolute atomic E-state index is 11.7. The molecule has 0 radical (unpaired) electrons. The Kier molecular flexibility index (Phi) is 4.50. The number of amides is 1. The number of benzene rings is 1. The number of carbonyl (C=O) groups is 2. The minimum absolute atomic E-state index is 0.569. The molecule has 6 heteroatoms. The number of nitrogens with two attached hydrogens (primary N) is 1. The van der Waals surface area contributed by atoms with E-state index in [4.69, 9.17) is 15.6 Å². The van der Waals surface area contributed by atoms with E-state index < -0.39 is 17.9 Å². The zero-order valence-electron chi connectivity index (χ0n) is 11.4. The second kappa shape index (κ2) is 5.71. The first kappa shape index (κ1) is 15.0. The molecule has 1 aromatic rings. The molecular formula is C13H18N2O4. The molecule has 0 aliphatic carbocycles. The van der Waals surface area contributed by atoms with Crippen LogP contribution in [0, 0.1) is 20.8 Å². The number of carboxylic acids is 1. The summed E-state index contributed by atoms with van der Waals surface area (Å²) in [5, 5.41) is 11.3. The fourth-order valence-electron chi connectivity index (χ4n) is 1.76. The van der Waals surface area contributed by atoms with Gasteiger partial charge in [0.1, 0.15) is 5.75 Å². The van der Waals surface area contributed by atoms with Crippen LogP contribution in [0.4, 0.5) is 5.69 Å². The van der Waals surface area contributed by atoms with E-state index in [0.717, 1.165) is 22.4 Å². The summed E-state index contributed by atoms with van der Waals surface area (Å²) in [5.74, 6) is -1.39. The van der Waals surface area contributed by atoms with E-state index in [-0.39, 0.29) is 0 Å². The number of carboxylic acid groups (broad SMARTS) is 1. The Hall–Kier alpha value is -2.08. The molecule has 0 aliphatic rings. The van der Waals surface area contributed by atoms with Crippen molar-refractivity contribution in [1.29, 1.82) is 0 Å². The van der Waals surface area contributed by atoms with Crippen LogP contribution in [0.25, 0.3) is 0 Å². The average molecular weight is 266 g/mol. The highest BCUT2D eigenvalue weighted by Crippen LogP contribution is 2.31. The molecule has 0 spiro atoms. The predicted octanol–water partition coefficient (Wildman–Crippen LogP) is 0.971. The van der Waals surface area contributed by atoms with Gasteiger partial charge in [-0.05, 0) is 43.5 Å². The third-order valence-electron chi connectivity index (χ3n) is 3.07. The smallest absolute Gasteiger partial charge is 0.330 e. The van der Waals surface area contributed by atoms with Crippen molar-refractivity contribution < 1.29 is 19.4 Å². The van der Waals surface area contributed by atoms with Crippen LogP contribution in [0.1, 0.15) is 16.7 Å². The van der Waals surface area contributed by atoms with Crippen molar-refractivity contribution in [2.45, 2.75) is 26.8 Å². The van der Waals surface area contributed by atoms with Crippen LogP contribution in [0.3, 0.4) is 0 Å². The van der Waals surface area contributed by atoms with Gasteiger partial charge in [-0.15, -0.1) is 0 Å². The maximum Gasteiger partial charge on any atom is 0.330 e. The van der Waals surface area contributed by atoms with Crippen molar-refractivity contribution in [2.24, 2.45) is 5.73 Å². The summed E-state index contributed by atoms with van der Waals surface area (Å²) in [6, 6.07) is 0.200. The van der Waals surface area contributed by atoms with Crippen molar-refractivity contribution in [3.63, 3.8) is 0 Å². The average Bonchev–Trinajstić information content (AvgIpc) is 2.37. The third kappa shape index (κ3) is 3.03. The fraction of sp³-hybridized carbons (Fsp3) is 0.385. The van der Waals surface area contributed by atoms with Crippen molar-refractivity contribution in [1.82, 2.24) is 0 Å². The number of carbonyl (C=O) groups excluding carboxylic acids is 1. The molecule has 1 unspecified atom stereocenters. The minimum Gasteiger partial charge on any atom is -0.496 e. The lowest BCUT2D eigenvalue weighted by atomic mass is 10.0. The normalized spacial score (nSPS) is 11.8. The summed E-state index contributed by atoms with van der Waals surface area (Å²) in [4.78, 5) is 22.3. The maximum atomic E-state index is 11.7. The van der Waals surface area contributed by atoms with E-state index in [1.54, 1.807) is 20.1 Å². The number of anilines is 1. The van der Waals surface area contributed by atoms with Gasteiger partial charge < -0.3 is 20.9 Å². The molecule has 0 fully saturated rings. The van der Waals surface area contributed by atoms with Gasteiger partial charge in [-0.25, -0.2) is 4.79 Å². The molecule has 4 N–H and O–H groups in total. The molecule has 0 aliphatic heterocycles. The largest absolute Gasteiger partial charge is 0.496 e. The van der Waals surface area contributed by atoms with Gasteiger partial charge in [-0.1, -0.05) is 0 Å². The van der Waals surface area contributed by atoms with Crippen LogP contribution in [0.5, 0.6) is 5.75 Å². The lowest BCUT2D eigenvalue weighted by molar-refractivity contribution is -0.141. The molecule has 0 bridgehead atoms. The highest BCUT2D eigenvalue weighted by molar-refractivity contribution is 6.08. The summed E-state index contributed by atoms with van der Waals surface area (Å²) < 4.78 is 5.22. The molecule has 0 saturated heterocycles. The standard InChI is InChI=1S/C13H18N2O4/c1-6-5-9(19-4)7(2)8(3)11(6)15-12(16)10(14)13(17)18/h5,10H,14H2,1-4H3,(H,15,16)(H,17,18). The molecule has 1 aromatic carbocycles. The first-order valence-corrected chi connectivity index (χ1v) is 5.73. The van der Waals surface area contributed by atoms with Gasteiger partial charge in [-0.3, -0.25) is 4.79 Å². The van der Waals surface area contributed by atoms with Crippen LogP contribution in [0.2, 0.25) is 0 Å². The number of hydrogen-bond acceptors (Lipinski definition) is 4. The van der Waals surface area contributed by atoms with Crippen molar-refractivity contribution in [2.75, 3.05) is 12.4 Å². The Bertz CT molecular complexity index is 526. The Morgan fingerprint density at radius 2 is 1.89 bits per heavy atom. The molecule has 0 heterocycles. The van der Waals surface area contributed by atoms with Gasteiger partial charge in [-0.2, -0.15) is 0 Å². The lowest BCUT2D eigenvalue weighted by Crippen LogP contribution is -2.42. The summed E-state index contributed by atoms with van der Waals surface area (Å²) in [6.45, 7) is 5.49. The molecule has 6 nitrogen and oxygen atoms in total. The number of ether oxygens (including phenoxy) is 1. The minimum atomic E-state index is -1.58. The van der Waals surface area contributed by atoms with Gasteiger partial charge in [0.15, 0.2) is 6.04 Å². The molecule has 104 valence electrons. The summed E-state index contributed by atoms with van der Waals surface area (Å²) >= 11 is 0. The predicted molar refractivity (Wildman–Crippen MR) is 71.4 cm³/mol. The molecule has 1 atom stereocenters. The van der Waals surface area contributed by atoms with Crippen LogP contribution < -0.4 is 15.8 Å². The van der Waals surface area contributed by atoms with Crippen LogP contribution >= 0.6 is 0 Å². The number of aliphatic carboxylic acids is 1. The van der Waals surface area contributed by atoms with Gasteiger partial charge in [0.2, 0.25) is 0 Å². The zero-order valence-corrected chi connectivity index (χ0v) is 11.4. The van der Waals surface area contributed by atoms with E-state index >= 15 is 0 Å². The Labute approximate surface area is 111 Å². The summed E-state index contributed by atoms with van der Waals surface area (Å²) in [7, 11) is 1.57. The van der Waals surface area contributed by atoms with Gasteiger partial charge in [0.05, 0.1) is 7.11 Å². The second-order valence-corrected chi connectivity index (χ2v) is 4.33. The van der Waals surface area contributed by atoms with E-state index in [1.807, 2.05) is 13.8 Å². The Balaban J connectivity index is 3.12. The monoisotopic (exact) mass is 266 g/mol. The zero-order chi connectivity index (χ0) is 14.7. The Morgan fingerprint density at radius 3 is 2.37 bits per heavy atom. The SMILES string of the molecule is COc1cc(C)c(NC(=O)C(N)C(=O)O)c(C)c1C. The van der Waals surface area contributed by atoms with Crippen molar-refractivity contribution >= 4 is 17.6 Å². The first-order valence-electron chi connectivity index (χ1n) is 5.73. The van der Waals surface area contributed by atoms with Crippen molar-refractivity contribution in [3.8, 4) is 5.75 Å². The van der Waals surface area contributed by atoms with E-state index in [1.165, 1.54) is 0 Å². The fourth-order valence-corrected chi connectivity index (χ4v) is 1.76. The van der Waals surface area contributed by atoms with Crippen LogP contribution in [-0.4, -0.2) is 30.1 Å². The highest BCUT2D eigenvalue weighted by Gasteiger charge is 2.23. The molecule has 0 aromatic heterocycles. The van der Waals surface area contributed by atoms with Gasteiger partial charge in [0, 0.05) is 5.69 Å². The Morgan fingerprint density at radius 1 is 1.32 bits per heavy atom. The van der Waals surface area contributed by atoms with E-state index in [0.29, 0.717) is 5.69 Å². The number of hydrogen-bond donors (Lipinski definition) is 3. The second-order valence-electron chi connectivity index (χ2n) is 4.33. The molecule has 1 rings (SSSR count). The van der Waals surface area contributed by atoms with E-state index in [9.17, 15) is 9.59 Å². The lowest BCUT2D eigenvalue weighted by Gasteiger charge is -2.17. The van der Waals surface area contributed by atoms with Crippen LogP contribution in [0.15, 0.2) is 6.07 Å². The number of rotatable bonds is 4. The summed E-state index contributed by atoms with van der Waals surface area (Å²) in [5.41, 5.74) is 8.32.